The lowest BCUT2D eigenvalue weighted by Gasteiger charge is -2.22. The number of amides is 2. The molecule has 23 heavy (non-hydrogen) atoms. The molecular formula is C17H22N2O4. The van der Waals surface area contributed by atoms with Crippen LogP contribution in [0.15, 0.2) is 35.9 Å². The Balaban J connectivity index is 2.71. The first kappa shape index (κ1) is 18.6. The molecule has 0 bridgehead atoms. The Morgan fingerprint density at radius 3 is 2.17 bits per heavy atom. The predicted molar refractivity (Wildman–Crippen MR) is 88.1 cm³/mol. The van der Waals surface area contributed by atoms with Crippen LogP contribution in [0.1, 0.15) is 38.1 Å². The minimum absolute atomic E-state index is 0.0536. The molecule has 0 spiro atoms. The van der Waals surface area contributed by atoms with Gasteiger partial charge in [-0.25, -0.2) is 0 Å². The fourth-order valence-corrected chi connectivity index (χ4v) is 1.69. The maximum Gasteiger partial charge on any atom is 0.251 e. The van der Waals surface area contributed by atoms with Crippen LogP contribution in [0, 0.1) is 0 Å². The maximum absolute atomic E-state index is 12.0. The number of hydrogen-bond acceptors (Lipinski definition) is 4. The molecule has 2 amide bonds. The van der Waals surface area contributed by atoms with Crippen molar-refractivity contribution < 1.29 is 19.5 Å². The molecular weight excluding hydrogens is 296 g/mol. The lowest BCUT2D eigenvalue weighted by molar-refractivity contribution is -0.119. The minimum atomic E-state index is -0.757. The van der Waals surface area contributed by atoms with Gasteiger partial charge in [-0.1, -0.05) is 0 Å². The first-order valence-corrected chi connectivity index (χ1v) is 7.18. The van der Waals surface area contributed by atoms with Gasteiger partial charge in [0, 0.05) is 22.9 Å². The van der Waals surface area contributed by atoms with Gasteiger partial charge in [0.1, 0.15) is 0 Å². The fourth-order valence-electron chi connectivity index (χ4n) is 1.69. The van der Waals surface area contributed by atoms with Crippen molar-refractivity contribution in [3.05, 3.63) is 41.5 Å². The van der Waals surface area contributed by atoms with E-state index in [1.165, 1.54) is 19.9 Å². The molecule has 3 N–H and O–H groups in total. The van der Waals surface area contributed by atoms with Gasteiger partial charge in [-0.15, -0.1) is 0 Å². The molecule has 6 heteroatoms. The number of aliphatic hydroxyl groups excluding tert-OH is 1. The zero-order valence-electron chi connectivity index (χ0n) is 13.8. The molecule has 6 nitrogen and oxygen atoms in total. The number of hydrogen-bond donors (Lipinski definition) is 3. The van der Waals surface area contributed by atoms with E-state index < -0.39 is 17.4 Å². The zero-order valence-corrected chi connectivity index (χ0v) is 13.8. The van der Waals surface area contributed by atoms with Crippen LogP contribution in [0.4, 0.5) is 5.69 Å². The summed E-state index contributed by atoms with van der Waals surface area (Å²) in [4.78, 5) is 35.0. The number of anilines is 1. The van der Waals surface area contributed by atoms with Gasteiger partial charge in [0.15, 0.2) is 5.78 Å². The molecule has 0 aliphatic heterocycles. The molecule has 0 saturated carbocycles. The molecule has 0 radical (unpaired) electrons. The second-order valence-corrected chi connectivity index (χ2v) is 5.95. The lowest BCUT2D eigenvalue weighted by atomic mass is 10.1. The topological polar surface area (TPSA) is 95.5 Å². The number of ketones is 1. The van der Waals surface area contributed by atoms with Gasteiger partial charge in [0.25, 0.3) is 5.91 Å². The molecule has 0 heterocycles. The molecule has 1 aromatic rings. The van der Waals surface area contributed by atoms with E-state index >= 15 is 0 Å². The number of nitrogens with one attached hydrogen (secondary N) is 2. The summed E-state index contributed by atoms with van der Waals surface area (Å²) in [5.41, 5.74) is 0.559. The smallest absolute Gasteiger partial charge is 0.251 e. The normalized spacial score (nSPS) is 11.8. The van der Waals surface area contributed by atoms with Gasteiger partial charge >= 0.3 is 0 Å². The van der Waals surface area contributed by atoms with Crippen molar-refractivity contribution in [3.8, 4) is 0 Å². The summed E-state index contributed by atoms with van der Waals surface area (Å²) < 4.78 is 0. The summed E-state index contributed by atoms with van der Waals surface area (Å²) >= 11 is 0. The van der Waals surface area contributed by atoms with Crippen LogP contribution in [-0.2, 0) is 9.59 Å². The van der Waals surface area contributed by atoms with E-state index in [2.05, 4.69) is 10.6 Å². The maximum atomic E-state index is 12.0. The number of carbonyl (C=O) groups is 3. The van der Waals surface area contributed by atoms with E-state index in [0.717, 1.165) is 0 Å². The Hall–Kier alpha value is -2.47. The molecule has 0 unspecified atom stereocenters. The molecule has 0 aromatic heterocycles. The highest BCUT2D eigenvalue weighted by Gasteiger charge is 2.18. The van der Waals surface area contributed by atoms with E-state index in [1.807, 2.05) is 0 Å². The third kappa shape index (κ3) is 6.04. The summed E-state index contributed by atoms with van der Waals surface area (Å²) in [6.07, 6.45) is 1.18. The van der Waals surface area contributed by atoms with E-state index in [-0.39, 0.29) is 18.0 Å². The standard InChI is InChI=1S/C17H22N2O4/c1-11(9-15(22)19-17(3,4)10-20)16(23)18-14-7-5-13(6-8-14)12(2)21/h5-9,20H,10H2,1-4H3,(H,18,23)(H,19,22)/b11-9-. The van der Waals surface area contributed by atoms with E-state index in [0.29, 0.717) is 11.3 Å². The van der Waals surface area contributed by atoms with Gasteiger partial charge < -0.3 is 15.7 Å². The summed E-state index contributed by atoms with van der Waals surface area (Å²) in [7, 11) is 0. The average molecular weight is 318 g/mol. The first-order valence-electron chi connectivity index (χ1n) is 7.18. The summed E-state index contributed by atoms with van der Waals surface area (Å²) in [5.74, 6) is -0.928. The minimum Gasteiger partial charge on any atom is -0.394 e. The molecule has 1 aromatic carbocycles. The molecule has 0 aliphatic rings. The van der Waals surface area contributed by atoms with Crippen LogP contribution in [0.2, 0.25) is 0 Å². The van der Waals surface area contributed by atoms with Gasteiger partial charge in [-0.2, -0.15) is 0 Å². The molecule has 0 atom stereocenters. The Labute approximate surface area is 135 Å². The summed E-state index contributed by atoms with van der Waals surface area (Å²) in [5, 5.41) is 14.3. The quantitative estimate of drug-likeness (QED) is 0.549. The monoisotopic (exact) mass is 318 g/mol. The van der Waals surface area contributed by atoms with Gasteiger partial charge in [0.05, 0.1) is 12.1 Å². The predicted octanol–water partition coefficient (Wildman–Crippen LogP) is 1.66. The van der Waals surface area contributed by atoms with Crippen LogP contribution >= 0.6 is 0 Å². The Kier molecular flexibility index (Phi) is 6.21. The SMILES string of the molecule is CC(=O)c1ccc(NC(=O)/C(C)=C\C(=O)NC(C)(C)CO)cc1. The number of aliphatic hydroxyl groups is 1. The Morgan fingerprint density at radius 1 is 1.13 bits per heavy atom. The van der Waals surface area contributed by atoms with Gasteiger partial charge in [-0.05, 0) is 52.0 Å². The average Bonchev–Trinajstić information content (AvgIpc) is 2.47. The van der Waals surface area contributed by atoms with Crippen molar-refractivity contribution in [3.63, 3.8) is 0 Å². The van der Waals surface area contributed by atoms with Crippen molar-refractivity contribution in [2.45, 2.75) is 33.2 Å². The number of carbonyl (C=O) groups excluding carboxylic acids is 3. The highest BCUT2D eigenvalue weighted by atomic mass is 16.3. The lowest BCUT2D eigenvalue weighted by Crippen LogP contribution is -2.45. The van der Waals surface area contributed by atoms with Crippen molar-refractivity contribution in [2.24, 2.45) is 0 Å². The fraction of sp³-hybridized carbons (Fsp3) is 0.353. The summed E-state index contributed by atoms with van der Waals surface area (Å²) in [6, 6.07) is 6.48. The van der Waals surface area contributed by atoms with Crippen LogP contribution in [0.5, 0.6) is 0 Å². The van der Waals surface area contributed by atoms with E-state index in [1.54, 1.807) is 38.1 Å². The number of benzene rings is 1. The molecule has 0 aliphatic carbocycles. The number of Topliss-reactive ketones (excluding diaryl/α,β-unsaturated/α-hetero) is 1. The van der Waals surface area contributed by atoms with Crippen molar-refractivity contribution >= 4 is 23.3 Å². The highest BCUT2D eigenvalue weighted by Crippen LogP contribution is 2.11. The third-order valence-corrected chi connectivity index (χ3v) is 3.11. The van der Waals surface area contributed by atoms with Crippen molar-refractivity contribution in [1.29, 1.82) is 0 Å². The van der Waals surface area contributed by atoms with Gasteiger partial charge in [-0.3, -0.25) is 14.4 Å². The van der Waals surface area contributed by atoms with Crippen molar-refractivity contribution in [2.75, 3.05) is 11.9 Å². The van der Waals surface area contributed by atoms with Crippen molar-refractivity contribution in [1.82, 2.24) is 5.32 Å². The molecule has 1 rings (SSSR count). The van der Waals surface area contributed by atoms with E-state index in [9.17, 15) is 14.4 Å². The van der Waals surface area contributed by atoms with E-state index in [4.69, 9.17) is 5.11 Å². The van der Waals surface area contributed by atoms with Gasteiger partial charge in [0.2, 0.25) is 5.91 Å². The molecule has 124 valence electrons. The molecule has 0 fully saturated rings. The zero-order chi connectivity index (χ0) is 17.6. The second kappa shape index (κ2) is 7.69. The van der Waals surface area contributed by atoms with Crippen LogP contribution < -0.4 is 10.6 Å². The van der Waals surface area contributed by atoms with Crippen LogP contribution in [0.25, 0.3) is 0 Å². The largest absolute Gasteiger partial charge is 0.394 e. The number of rotatable bonds is 6. The summed E-state index contributed by atoms with van der Waals surface area (Å²) in [6.45, 7) is 6.12. The van der Waals surface area contributed by atoms with Crippen LogP contribution in [-0.4, -0.2) is 34.8 Å². The Morgan fingerprint density at radius 2 is 1.70 bits per heavy atom. The Bertz CT molecular complexity index is 630. The first-order chi connectivity index (χ1) is 10.6. The third-order valence-electron chi connectivity index (χ3n) is 3.11. The highest BCUT2D eigenvalue weighted by molar-refractivity contribution is 6.07. The molecule has 0 saturated heterocycles. The van der Waals surface area contributed by atoms with Crippen LogP contribution in [0.3, 0.4) is 0 Å². The second-order valence-electron chi connectivity index (χ2n) is 5.95.